The Kier molecular flexibility index (Phi) is 5.52. The van der Waals surface area contributed by atoms with E-state index in [1.807, 2.05) is 27.0 Å². The van der Waals surface area contributed by atoms with Gasteiger partial charge >= 0.3 is 0 Å². The molecule has 2 rings (SSSR count). The van der Waals surface area contributed by atoms with E-state index >= 15 is 0 Å². The lowest BCUT2D eigenvalue weighted by Gasteiger charge is -2.12. The number of nitrogens with zero attached hydrogens (tertiary/aromatic N) is 3. The van der Waals surface area contributed by atoms with E-state index in [9.17, 15) is 4.79 Å². The molecule has 1 amide bonds. The number of hydrogen-bond acceptors (Lipinski definition) is 8. The van der Waals surface area contributed by atoms with Gasteiger partial charge in [0.2, 0.25) is 17.7 Å². The van der Waals surface area contributed by atoms with Crippen molar-refractivity contribution in [1.29, 1.82) is 0 Å². The lowest BCUT2D eigenvalue weighted by atomic mass is 9.92. The summed E-state index contributed by atoms with van der Waals surface area (Å²) in [6, 6.07) is 1.73. The molecular formula is C13H18N4O3S2. The van der Waals surface area contributed by atoms with Crippen LogP contribution in [0.25, 0.3) is 0 Å². The van der Waals surface area contributed by atoms with Gasteiger partial charge in [-0.05, 0) is 6.26 Å². The maximum Gasteiger partial charge on any atom is 0.277 e. The second-order valence-electron chi connectivity index (χ2n) is 5.56. The van der Waals surface area contributed by atoms with Crippen LogP contribution in [0, 0.1) is 0 Å². The van der Waals surface area contributed by atoms with Crippen molar-refractivity contribution in [2.24, 2.45) is 0 Å². The molecule has 0 fully saturated rings. The first kappa shape index (κ1) is 16.9. The number of carbonyl (C=O) groups excluding carboxylic acids is 1. The van der Waals surface area contributed by atoms with Crippen LogP contribution in [0.1, 0.15) is 32.4 Å². The normalized spacial score (nSPS) is 11.6. The molecule has 0 saturated carbocycles. The average molecular weight is 342 g/mol. The first-order valence-corrected chi connectivity index (χ1v) is 8.97. The van der Waals surface area contributed by atoms with Crippen LogP contribution in [-0.4, -0.2) is 33.3 Å². The zero-order chi connectivity index (χ0) is 16.2. The number of carbonyl (C=O) groups is 1. The second-order valence-corrected chi connectivity index (χ2v) is 7.35. The molecular weight excluding hydrogens is 324 g/mol. The smallest absolute Gasteiger partial charge is 0.277 e. The number of nitrogens with one attached hydrogen (secondary N) is 1. The minimum atomic E-state index is -0.216. The molecule has 2 aromatic heterocycles. The summed E-state index contributed by atoms with van der Waals surface area (Å²) in [6.07, 6.45) is 1.95. The summed E-state index contributed by atoms with van der Waals surface area (Å²) in [6.45, 7) is 6.07. The first-order valence-electron chi connectivity index (χ1n) is 6.59. The van der Waals surface area contributed by atoms with Crippen molar-refractivity contribution in [3.8, 4) is 0 Å². The van der Waals surface area contributed by atoms with Gasteiger partial charge in [0.25, 0.3) is 5.22 Å². The van der Waals surface area contributed by atoms with Gasteiger partial charge in [0.1, 0.15) is 0 Å². The van der Waals surface area contributed by atoms with Gasteiger partial charge in [0.15, 0.2) is 0 Å². The lowest BCUT2D eigenvalue weighted by molar-refractivity contribution is -0.113. The van der Waals surface area contributed by atoms with Gasteiger partial charge in [-0.3, -0.25) is 10.1 Å². The zero-order valence-corrected chi connectivity index (χ0v) is 14.5. The van der Waals surface area contributed by atoms with Gasteiger partial charge in [-0.2, -0.15) is 11.8 Å². The number of amides is 1. The largest absolute Gasteiger partial charge is 0.415 e. The Morgan fingerprint density at radius 1 is 1.36 bits per heavy atom. The van der Waals surface area contributed by atoms with Crippen LogP contribution in [0.2, 0.25) is 0 Å². The topological polar surface area (TPSA) is 94.1 Å². The van der Waals surface area contributed by atoms with E-state index in [2.05, 4.69) is 20.7 Å². The molecule has 120 valence electrons. The summed E-state index contributed by atoms with van der Waals surface area (Å²) in [5.74, 6) is 1.50. The van der Waals surface area contributed by atoms with Gasteiger partial charge in [0.05, 0.1) is 17.2 Å². The van der Waals surface area contributed by atoms with Crippen molar-refractivity contribution in [3.63, 3.8) is 0 Å². The third-order valence-corrected chi connectivity index (χ3v) is 3.94. The molecule has 0 unspecified atom stereocenters. The van der Waals surface area contributed by atoms with E-state index in [-0.39, 0.29) is 17.1 Å². The van der Waals surface area contributed by atoms with E-state index in [0.717, 1.165) is 5.69 Å². The number of anilines is 1. The highest BCUT2D eigenvalue weighted by molar-refractivity contribution is 7.99. The van der Waals surface area contributed by atoms with Gasteiger partial charge < -0.3 is 8.94 Å². The Labute approximate surface area is 137 Å². The number of rotatable bonds is 6. The van der Waals surface area contributed by atoms with Crippen molar-refractivity contribution >= 4 is 35.3 Å². The Morgan fingerprint density at radius 3 is 2.77 bits per heavy atom. The molecule has 0 aliphatic heterocycles. The van der Waals surface area contributed by atoms with E-state index in [4.69, 9.17) is 8.94 Å². The molecule has 0 aromatic carbocycles. The van der Waals surface area contributed by atoms with E-state index in [1.165, 1.54) is 11.8 Å². The first-order chi connectivity index (χ1) is 10.4. The molecule has 7 nitrogen and oxygen atoms in total. The van der Waals surface area contributed by atoms with Gasteiger partial charge in [-0.25, -0.2) is 0 Å². The van der Waals surface area contributed by atoms with E-state index in [1.54, 1.807) is 17.8 Å². The fourth-order valence-electron chi connectivity index (χ4n) is 1.47. The van der Waals surface area contributed by atoms with Crippen LogP contribution < -0.4 is 5.32 Å². The molecule has 0 atom stereocenters. The highest BCUT2D eigenvalue weighted by Gasteiger charge is 2.20. The maximum absolute atomic E-state index is 11.9. The zero-order valence-electron chi connectivity index (χ0n) is 12.9. The van der Waals surface area contributed by atoms with Crippen LogP contribution in [0.3, 0.4) is 0 Å². The number of thioether (sulfide) groups is 2. The predicted molar refractivity (Wildman–Crippen MR) is 86.1 cm³/mol. The molecule has 0 saturated heterocycles. The standard InChI is InChI=1S/C13H18N4O3S2/c1-13(2,3)8-5-10(20-17-8)14-9(18)6-22-12-16-15-11(19-12)7-21-4/h5H,6-7H2,1-4H3,(H,14,18). The van der Waals surface area contributed by atoms with Crippen molar-refractivity contribution in [2.75, 3.05) is 17.3 Å². The summed E-state index contributed by atoms with van der Waals surface area (Å²) in [5, 5.41) is 14.7. The van der Waals surface area contributed by atoms with Crippen LogP contribution in [0.15, 0.2) is 20.2 Å². The SMILES string of the molecule is CSCc1nnc(SCC(=O)Nc2cc(C(C)(C)C)no2)o1. The van der Waals surface area contributed by atoms with E-state index in [0.29, 0.717) is 22.8 Å². The summed E-state index contributed by atoms with van der Waals surface area (Å²) in [7, 11) is 0. The fraction of sp³-hybridized carbons (Fsp3) is 0.538. The van der Waals surface area contributed by atoms with E-state index < -0.39 is 0 Å². The van der Waals surface area contributed by atoms with Crippen LogP contribution >= 0.6 is 23.5 Å². The van der Waals surface area contributed by atoms with Crippen molar-refractivity contribution < 1.29 is 13.7 Å². The Balaban J connectivity index is 1.83. The lowest BCUT2D eigenvalue weighted by Crippen LogP contribution is -2.14. The number of aromatic nitrogens is 3. The van der Waals surface area contributed by atoms with Gasteiger partial charge in [-0.15, -0.1) is 10.2 Å². The Bertz CT molecular complexity index is 633. The molecule has 0 spiro atoms. The van der Waals surface area contributed by atoms with Crippen molar-refractivity contribution in [3.05, 3.63) is 17.7 Å². The molecule has 0 radical (unpaired) electrons. The fourth-order valence-corrected chi connectivity index (χ4v) is 2.41. The summed E-state index contributed by atoms with van der Waals surface area (Å²) < 4.78 is 10.5. The van der Waals surface area contributed by atoms with Crippen LogP contribution in [0.5, 0.6) is 0 Å². The van der Waals surface area contributed by atoms with Crippen LogP contribution in [0.4, 0.5) is 5.88 Å². The quantitative estimate of drug-likeness (QED) is 0.801. The number of hydrogen-bond donors (Lipinski definition) is 1. The minimum absolute atomic E-state index is 0.126. The third-order valence-electron chi connectivity index (χ3n) is 2.58. The van der Waals surface area contributed by atoms with Gasteiger partial charge in [-0.1, -0.05) is 37.7 Å². The Hall–Kier alpha value is -1.48. The summed E-state index contributed by atoms with van der Waals surface area (Å²) >= 11 is 2.78. The second kappa shape index (κ2) is 7.19. The molecule has 22 heavy (non-hydrogen) atoms. The highest BCUT2D eigenvalue weighted by atomic mass is 32.2. The highest BCUT2D eigenvalue weighted by Crippen LogP contribution is 2.24. The maximum atomic E-state index is 11.9. The third kappa shape index (κ3) is 4.77. The van der Waals surface area contributed by atoms with Crippen molar-refractivity contribution in [2.45, 2.75) is 37.2 Å². The molecule has 2 heterocycles. The van der Waals surface area contributed by atoms with Crippen molar-refractivity contribution in [1.82, 2.24) is 15.4 Å². The average Bonchev–Trinajstić information content (AvgIpc) is 3.05. The summed E-state index contributed by atoms with van der Waals surface area (Å²) in [4.78, 5) is 11.9. The van der Waals surface area contributed by atoms with Gasteiger partial charge in [0, 0.05) is 11.5 Å². The molecule has 2 aromatic rings. The molecule has 1 N–H and O–H groups in total. The summed E-state index contributed by atoms with van der Waals surface area (Å²) in [5.41, 5.74) is 0.660. The molecule has 0 aliphatic carbocycles. The minimum Gasteiger partial charge on any atom is -0.415 e. The Morgan fingerprint density at radius 2 is 2.14 bits per heavy atom. The van der Waals surface area contributed by atoms with Crippen LogP contribution in [-0.2, 0) is 16.0 Å². The predicted octanol–water partition coefficient (Wildman–Crippen LogP) is 2.95. The molecule has 0 aliphatic rings. The molecule has 0 bridgehead atoms. The molecule has 9 heteroatoms. The monoisotopic (exact) mass is 342 g/mol.